The van der Waals surface area contributed by atoms with E-state index in [-0.39, 0.29) is 12.7 Å². The molecule has 0 aliphatic carbocycles. The van der Waals surface area contributed by atoms with E-state index in [1.807, 2.05) is 37.5 Å². The third-order valence-corrected chi connectivity index (χ3v) is 5.23. The summed E-state index contributed by atoms with van der Waals surface area (Å²) in [5.41, 5.74) is 2.30. The summed E-state index contributed by atoms with van der Waals surface area (Å²) in [6, 6.07) is 5.65. The minimum Gasteiger partial charge on any atom is -0.454 e. The van der Waals surface area contributed by atoms with E-state index in [0.717, 1.165) is 34.0 Å². The number of carbonyl (C=O) groups excluding carboxylic acids is 1. The number of hydrogen-bond donors (Lipinski definition) is 0. The number of carbonyl (C=O) groups is 1. The molecular weight excluding hydrogens is 340 g/mol. The van der Waals surface area contributed by atoms with Gasteiger partial charge in [-0.3, -0.25) is 9.48 Å². The summed E-state index contributed by atoms with van der Waals surface area (Å²) in [4.78, 5) is 17.5. The lowest BCUT2D eigenvalue weighted by Crippen LogP contribution is -2.16. The van der Waals surface area contributed by atoms with Gasteiger partial charge in [0.1, 0.15) is 0 Å². The van der Waals surface area contributed by atoms with Gasteiger partial charge in [0, 0.05) is 30.9 Å². The van der Waals surface area contributed by atoms with Gasteiger partial charge in [0.05, 0.1) is 10.2 Å². The third kappa shape index (κ3) is 2.62. The molecule has 0 fully saturated rings. The Kier molecular flexibility index (Phi) is 3.84. The van der Waals surface area contributed by atoms with Crippen molar-refractivity contribution in [2.45, 2.75) is 33.9 Å². The summed E-state index contributed by atoms with van der Waals surface area (Å²) < 4.78 is 15.7. The van der Waals surface area contributed by atoms with E-state index in [9.17, 15) is 4.79 Å². The smallest absolute Gasteiger partial charge is 0.300 e. The van der Waals surface area contributed by atoms with Crippen molar-refractivity contribution in [3.63, 3.8) is 0 Å². The number of fused-ring (bicyclic) bond motifs is 2. The van der Waals surface area contributed by atoms with Crippen LogP contribution < -0.4 is 14.3 Å². The molecule has 0 atom stereocenters. The number of aromatic nitrogens is 3. The number of thiazole rings is 1. The van der Waals surface area contributed by atoms with E-state index < -0.39 is 0 Å². The van der Waals surface area contributed by atoms with E-state index in [1.165, 1.54) is 11.3 Å². The van der Waals surface area contributed by atoms with E-state index in [4.69, 9.17) is 9.47 Å². The molecule has 0 saturated heterocycles. The fourth-order valence-electron chi connectivity index (χ4n) is 2.93. The Balaban J connectivity index is 1.82. The van der Waals surface area contributed by atoms with E-state index in [2.05, 4.69) is 10.1 Å². The minimum atomic E-state index is -0.330. The molecule has 8 heteroatoms. The first kappa shape index (κ1) is 15.9. The Bertz CT molecular complexity index is 1040. The number of nitrogens with zero attached hydrogens (tertiary/aromatic N) is 4. The standard InChI is InChI=1S/C17H18N4O3S/c1-4-20-12-7-13-14(24-9-23-13)8-15(12)25-17(20)18-16(22)11-6-10(3)21(5-2)19-11/h6-8H,4-5,9H2,1-3H3. The number of rotatable bonds is 3. The van der Waals surface area contributed by atoms with Crippen molar-refractivity contribution in [3.8, 4) is 11.5 Å². The lowest BCUT2D eigenvalue weighted by molar-refractivity contribution is 0.0992. The van der Waals surface area contributed by atoms with Crippen LogP contribution in [-0.2, 0) is 13.1 Å². The SMILES string of the molecule is CCn1nc(C(=O)N=c2sc3cc4c(cc3n2CC)OCO4)cc1C. The lowest BCUT2D eigenvalue weighted by atomic mass is 10.3. The fraction of sp³-hybridized carbons (Fsp3) is 0.353. The molecule has 2 aromatic heterocycles. The van der Waals surface area contributed by atoms with Crippen LogP contribution in [0.25, 0.3) is 10.2 Å². The van der Waals surface area contributed by atoms with Crippen LogP contribution in [0.4, 0.5) is 0 Å². The van der Waals surface area contributed by atoms with Gasteiger partial charge in [0.15, 0.2) is 22.0 Å². The summed E-state index contributed by atoms with van der Waals surface area (Å²) in [5.74, 6) is 1.12. The molecule has 3 aromatic rings. The summed E-state index contributed by atoms with van der Waals surface area (Å²) >= 11 is 1.46. The molecular formula is C17H18N4O3S. The van der Waals surface area contributed by atoms with Crippen LogP contribution >= 0.6 is 11.3 Å². The highest BCUT2D eigenvalue weighted by atomic mass is 32.1. The van der Waals surface area contributed by atoms with Gasteiger partial charge in [-0.1, -0.05) is 11.3 Å². The molecule has 130 valence electrons. The summed E-state index contributed by atoms with van der Waals surface area (Å²) in [6.45, 7) is 7.62. The topological polar surface area (TPSA) is 70.6 Å². The van der Waals surface area contributed by atoms with Crippen LogP contribution in [0, 0.1) is 6.92 Å². The molecule has 1 aromatic carbocycles. The largest absolute Gasteiger partial charge is 0.454 e. The highest BCUT2D eigenvalue weighted by Crippen LogP contribution is 2.36. The van der Waals surface area contributed by atoms with Crippen LogP contribution in [0.15, 0.2) is 23.2 Å². The van der Waals surface area contributed by atoms with Gasteiger partial charge >= 0.3 is 0 Å². The van der Waals surface area contributed by atoms with E-state index in [0.29, 0.717) is 17.0 Å². The number of ether oxygens (including phenoxy) is 2. The average Bonchev–Trinajstić information content (AvgIpc) is 3.28. The van der Waals surface area contributed by atoms with Crippen molar-refractivity contribution < 1.29 is 14.3 Å². The third-order valence-electron chi connectivity index (χ3n) is 4.19. The maximum atomic E-state index is 12.5. The molecule has 7 nitrogen and oxygen atoms in total. The maximum Gasteiger partial charge on any atom is 0.300 e. The lowest BCUT2D eigenvalue weighted by Gasteiger charge is -2.01. The number of aryl methyl sites for hydroxylation is 3. The molecule has 0 N–H and O–H groups in total. The first-order valence-corrected chi connectivity index (χ1v) is 8.98. The molecule has 25 heavy (non-hydrogen) atoms. The first-order chi connectivity index (χ1) is 12.1. The van der Waals surface area contributed by atoms with Crippen LogP contribution in [0.1, 0.15) is 30.0 Å². The van der Waals surface area contributed by atoms with Crippen molar-refractivity contribution in [2.24, 2.45) is 4.99 Å². The van der Waals surface area contributed by atoms with Gasteiger partial charge in [0.25, 0.3) is 5.91 Å². The van der Waals surface area contributed by atoms with Crippen LogP contribution in [0.5, 0.6) is 11.5 Å². The monoisotopic (exact) mass is 358 g/mol. The van der Waals surface area contributed by atoms with Gasteiger partial charge in [0.2, 0.25) is 6.79 Å². The summed E-state index contributed by atoms with van der Waals surface area (Å²) in [7, 11) is 0. The Morgan fingerprint density at radius 2 is 2.00 bits per heavy atom. The normalized spacial score (nSPS) is 13.8. The van der Waals surface area contributed by atoms with Gasteiger partial charge in [-0.15, -0.1) is 0 Å². The van der Waals surface area contributed by atoms with Crippen molar-refractivity contribution >= 4 is 27.5 Å². The maximum absolute atomic E-state index is 12.5. The second-order valence-corrected chi connectivity index (χ2v) is 6.71. The molecule has 0 saturated carbocycles. The molecule has 0 radical (unpaired) electrons. The van der Waals surface area contributed by atoms with Crippen LogP contribution in [-0.4, -0.2) is 27.0 Å². The molecule has 0 bridgehead atoms. The van der Waals surface area contributed by atoms with E-state index >= 15 is 0 Å². The Hall–Kier alpha value is -2.61. The van der Waals surface area contributed by atoms with Gasteiger partial charge in [-0.2, -0.15) is 10.1 Å². The number of amides is 1. The molecule has 1 amide bonds. The predicted octanol–water partition coefficient (Wildman–Crippen LogP) is 2.72. The highest BCUT2D eigenvalue weighted by molar-refractivity contribution is 7.16. The Morgan fingerprint density at radius 3 is 2.68 bits per heavy atom. The average molecular weight is 358 g/mol. The predicted molar refractivity (Wildman–Crippen MR) is 94.1 cm³/mol. The summed E-state index contributed by atoms with van der Waals surface area (Å²) in [5, 5.41) is 4.31. The molecule has 4 rings (SSSR count). The molecule has 1 aliphatic rings. The van der Waals surface area contributed by atoms with Crippen molar-refractivity contribution in [2.75, 3.05) is 6.79 Å². The van der Waals surface area contributed by atoms with Crippen LogP contribution in [0.3, 0.4) is 0 Å². The zero-order chi connectivity index (χ0) is 17.6. The van der Waals surface area contributed by atoms with Crippen molar-refractivity contribution in [1.82, 2.24) is 14.3 Å². The number of benzene rings is 1. The second-order valence-electron chi connectivity index (χ2n) is 5.71. The van der Waals surface area contributed by atoms with Crippen LogP contribution in [0.2, 0.25) is 0 Å². The molecule has 1 aliphatic heterocycles. The highest BCUT2D eigenvalue weighted by Gasteiger charge is 2.18. The fourth-order valence-corrected chi connectivity index (χ4v) is 4.03. The van der Waals surface area contributed by atoms with Gasteiger partial charge in [-0.25, -0.2) is 0 Å². The second kappa shape index (κ2) is 6.03. The molecule has 3 heterocycles. The van der Waals surface area contributed by atoms with E-state index in [1.54, 1.807) is 10.7 Å². The first-order valence-electron chi connectivity index (χ1n) is 8.17. The Morgan fingerprint density at radius 1 is 1.24 bits per heavy atom. The quantitative estimate of drug-likeness (QED) is 0.722. The van der Waals surface area contributed by atoms with Crippen molar-refractivity contribution in [1.29, 1.82) is 0 Å². The van der Waals surface area contributed by atoms with Crippen molar-refractivity contribution in [3.05, 3.63) is 34.4 Å². The minimum absolute atomic E-state index is 0.244. The Labute approximate surface area is 148 Å². The zero-order valence-corrected chi connectivity index (χ0v) is 15.1. The van der Waals surface area contributed by atoms with Gasteiger partial charge < -0.3 is 14.0 Å². The molecule has 0 unspecified atom stereocenters. The summed E-state index contributed by atoms with van der Waals surface area (Å²) in [6.07, 6.45) is 0. The van der Waals surface area contributed by atoms with Gasteiger partial charge in [-0.05, 0) is 26.8 Å². The zero-order valence-electron chi connectivity index (χ0n) is 14.3. The number of hydrogen-bond acceptors (Lipinski definition) is 5. The molecule has 0 spiro atoms.